The first kappa shape index (κ1) is 36.7. The van der Waals surface area contributed by atoms with Crippen LogP contribution in [0.3, 0.4) is 0 Å². The highest BCUT2D eigenvalue weighted by molar-refractivity contribution is 8.03. The Morgan fingerprint density at radius 3 is 2.55 bits per heavy atom. The van der Waals surface area contributed by atoms with Crippen LogP contribution >= 0.6 is 23.1 Å². The minimum atomic E-state index is -0.849. The average Bonchev–Trinajstić information content (AvgIpc) is 3.73. The molecule has 15 heteroatoms. The third-order valence-electron chi connectivity index (χ3n) is 8.68. The quantitative estimate of drug-likeness (QED) is 0.0989. The zero-order valence-electron chi connectivity index (χ0n) is 26.9. The number of imidazole rings is 1. The first-order chi connectivity index (χ1) is 22.0. The molecule has 1 N–H and O–H groups in total. The van der Waals surface area contributed by atoms with E-state index in [4.69, 9.17) is 14.2 Å². The molecule has 3 aliphatic heterocycles. The zero-order chi connectivity index (χ0) is 33.3. The van der Waals surface area contributed by atoms with Crippen molar-refractivity contribution in [2.24, 2.45) is 11.8 Å². The van der Waals surface area contributed by atoms with Crippen molar-refractivity contribution >= 4 is 51.9 Å². The van der Waals surface area contributed by atoms with Gasteiger partial charge in [-0.15, -0.1) is 11.8 Å². The van der Waals surface area contributed by atoms with Crippen molar-refractivity contribution in [2.45, 2.75) is 70.5 Å². The van der Waals surface area contributed by atoms with Crippen molar-refractivity contribution in [1.29, 1.82) is 0 Å². The van der Waals surface area contributed by atoms with Crippen LogP contribution in [0, 0.1) is 18.8 Å². The number of carbonyl (C=O) groups is 4. The number of hydrogen-bond donors (Lipinski definition) is 1. The molecule has 2 saturated heterocycles. The topological polar surface area (TPSA) is 131 Å². The minimum absolute atomic E-state index is 0. The third-order valence-corrected chi connectivity index (χ3v) is 11.2. The number of amides is 2. The van der Waals surface area contributed by atoms with E-state index in [0.29, 0.717) is 26.0 Å². The molecule has 2 aromatic heterocycles. The number of aliphatic hydroxyl groups is 1. The predicted molar refractivity (Wildman–Crippen MR) is 172 cm³/mol. The summed E-state index contributed by atoms with van der Waals surface area (Å²) in [4.78, 5) is 57.5. The number of carbonyl (C=O) groups excluding carboxylic acids is 4. The van der Waals surface area contributed by atoms with Crippen LogP contribution in [0.5, 0.6) is 0 Å². The molecule has 5 rings (SSSR count). The SMILES string of the molecule is C=CCOC(=O)C1=C(S[C@H]2C[C@@H](Cc3cn4c(C)[n+](CC(=O)OCC)cc4s3)N(C(=O)OCC=C)C2)[C@H](C)[C@@H]2[C@@H]([C@@H](C)O)C(=O)N12.[Br-]. The summed E-state index contributed by atoms with van der Waals surface area (Å²) in [5.74, 6) is -1.09. The number of nitrogens with zero attached hydrogens (tertiary/aromatic N) is 4. The zero-order valence-corrected chi connectivity index (χ0v) is 30.1. The molecular weight excluding hydrogens is 712 g/mol. The highest BCUT2D eigenvalue weighted by Crippen LogP contribution is 2.52. The summed E-state index contributed by atoms with van der Waals surface area (Å²) in [7, 11) is 0. The van der Waals surface area contributed by atoms with Crippen LogP contribution in [0.2, 0.25) is 0 Å². The lowest BCUT2D eigenvalue weighted by atomic mass is 9.79. The standard InChI is InChI=1S/C32H41N4O8S2.BrH/c1-7-10-43-31(40)28-29(18(4)27-26(19(5)37)30(39)36(27)28)46-23-13-21(35(15-23)32(41)44-11-8-2)12-22-14-34-20(6)33(16-24(34)45-22)17-25(38)42-9-3;/h7-8,14,16,18-19,21,23,26-27,37H,1-2,9-13,15,17H2,3-6H3;1H/q+1;/p-1/t18-,19-,21-,23+,26-,27-;/m1./s1. The van der Waals surface area contributed by atoms with Gasteiger partial charge in [-0.2, -0.15) is 4.40 Å². The normalized spacial score (nSPS) is 24.0. The molecule has 3 aliphatic rings. The second kappa shape index (κ2) is 15.4. The van der Waals surface area contributed by atoms with Gasteiger partial charge >= 0.3 is 18.0 Å². The number of aromatic nitrogens is 2. The molecule has 0 radical (unpaired) electrons. The minimum Gasteiger partial charge on any atom is -1.00 e. The maximum Gasteiger partial charge on any atom is 0.410 e. The molecule has 2 aromatic rings. The molecule has 12 nitrogen and oxygen atoms in total. The molecule has 0 bridgehead atoms. The number of thiazole rings is 1. The van der Waals surface area contributed by atoms with Crippen molar-refractivity contribution in [3.05, 3.63) is 59.0 Å². The van der Waals surface area contributed by atoms with E-state index in [9.17, 15) is 24.3 Å². The number of aryl methyl sites for hydroxylation is 1. The summed E-state index contributed by atoms with van der Waals surface area (Å²) in [5, 5.41) is 10.2. The first-order valence-corrected chi connectivity index (χ1v) is 17.1. The van der Waals surface area contributed by atoms with Gasteiger partial charge in [-0.3, -0.25) is 4.79 Å². The lowest BCUT2D eigenvalue weighted by molar-refractivity contribution is -0.690. The number of hydrogen-bond acceptors (Lipinski definition) is 10. The Kier molecular flexibility index (Phi) is 12.0. The second-order valence-electron chi connectivity index (χ2n) is 11.7. The van der Waals surface area contributed by atoms with Crippen molar-refractivity contribution in [3.63, 3.8) is 0 Å². The number of β-lactam (4-membered cyclic amide) rings is 1. The Balaban J connectivity index is 0.00000500. The number of likely N-dealkylation sites (tertiary alicyclic amines) is 1. The molecular formula is C32H41BrN4O8S2. The molecule has 256 valence electrons. The van der Waals surface area contributed by atoms with E-state index in [-0.39, 0.29) is 77.6 Å². The number of fused-ring (bicyclic) bond motifs is 2. The molecule has 0 saturated carbocycles. The predicted octanol–water partition coefficient (Wildman–Crippen LogP) is 0.00332. The van der Waals surface area contributed by atoms with Crippen LogP contribution < -0.4 is 21.5 Å². The Morgan fingerprint density at radius 2 is 1.91 bits per heavy atom. The van der Waals surface area contributed by atoms with E-state index in [1.54, 1.807) is 30.1 Å². The van der Waals surface area contributed by atoms with Crippen LogP contribution in [-0.4, -0.2) is 93.0 Å². The van der Waals surface area contributed by atoms with Gasteiger partial charge in [-0.05, 0) is 20.3 Å². The summed E-state index contributed by atoms with van der Waals surface area (Å²) >= 11 is 3.09. The van der Waals surface area contributed by atoms with E-state index >= 15 is 0 Å². The fourth-order valence-corrected chi connectivity index (χ4v) is 9.32. The van der Waals surface area contributed by atoms with Gasteiger partial charge in [-0.1, -0.05) is 43.6 Å². The van der Waals surface area contributed by atoms with Gasteiger partial charge in [0.05, 0.1) is 29.5 Å². The Bertz CT molecular complexity index is 1590. The van der Waals surface area contributed by atoms with Gasteiger partial charge in [0.25, 0.3) is 5.82 Å². The maximum atomic E-state index is 13.2. The number of esters is 2. The summed E-state index contributed by atoms with van der Waals surface area (Å²) < 4.78 is 19.8. The van der Waals surface area contributed by atoms with E-state index < -0.39 is 24.1 Å². The molecule has 47 heavy (non-hydrogen) atoms. The van der Waals surface area contributed by atoms with E-state index in [1.165, 1.54) is 28.8 Å². The van der Waals surface area contributed by atoms with Gasteiger partial charge in [-0.25, -0.2) is 19.0 Å². The van der Waals surface area contributed by atoms with Crippen LogP contribution in [-0.2, 0) is 41.6 Å². The lowest BCUT2D eigenvalue weighted by Gasteiger charge is -2.46. The summed E-state index contributed by atoms with van der Waals surface area (Å²) in [6.07, 6.45) is 6.89. The Morgan fingerprint density at radius 1 is 1.21 bits per heavy atom. The van der Waals surface area contributed by atoms with Gasteiger partial charge in [0.2, 0.25) is 10.7 Å². The molecule has 5 heterocycles. The number of aliphatic hydroxyl groups excluding tert-OH is 1. The molecule has 0 unspecified atom stereocenters. The maximum absolute atomic E-state index is 13.2. The Labute approximate surface area is 292 Å². The van der Waals surface area contributed by atoms with E-state index in [2.05, 4.69) is 13.2 Å². The van der Waals surface area contributed by atoms with Crippen molar-refractivity contribution in [3.8, 4) is 0 Å². The largest absolute Gasteiger partial charge is 1.00 e. The van der Waals surface area contributed by atoms with Crippen LogP contribution in [0.1, 0.15) is 37.9 Å². The smallest absolute Gasteiger partial charge is 0.410 e. The fourth-order valence-electron chi connectivity index (χ4n) is 6.60. The highest BCUT2D eigenvalue weighted by atomic mass is 79.9. The molecule has 2 fully saturated rings. The summed E-state index contributed by atoms with van der Waals surface area (Å²) in [6.45, 7) is 15.5. The van der Waals surface area contributed by atoms with Crippen LogP contribution in [0.25, 0.3) is 4.83 Å². The number of rotatable bonds is 13. The third kappa shape index (κ3) is 7.18. The van der Waals surface area contributed by atoms with Gasteiger partial charge in [0, 0.05) is 42.0 Å². The van der Waals surface area contributed by atoms with Crippen LogP contribution in [0.4, 0.5) is 4.79 Å². The highest BCUT2D eigenvalue weighted by Gasteiger charge is 2.60. The Hall–Kier alpha value is -3.14. The molecule has 0 aliphatic carbocycles. The number of ether oxygens (including phenoxy) is 3. The van der Waals surface area contributed by atoms with Crippen LogP contribution in [0.15, 0.2) is 48.3 Å². The molecule has 6 atom stereocenters. The number of halogens is 1. The van der Waals surface area contributed by atoms with Gasteiger partial charge in [0.15, 0.2) is 6.54 Å². The van der Waals surface area contributed by atoms with E-state index in [1.807, 2.05) is 35.2 Å². The molecule has 0 spiro atoms. The number of thioether (sulfide) groups is 1. The summed E-state index contributed by atoms with van der Waals surface area (Å²) in [6, 6.07) is -0.515. The second-order valence-corrected chi connectivity index (χ2v) is 14.2. The van der Waals surface area contributed by atoms with Crippen molar-refractivity contribution < 1.29 is 60.0 Å². The van der Waals surface area contributed by atoms with Gasteiger partial charge < -0.3 is 46.1 Å². The van der Waals surface area contributed by atoms with Crippen molar-refractivity contribution in [2.75, 3.05) is 26.4 Å². The first-order valence-electron chi connectivity index (χ1n) is 15.4. The lowest BCUT2D eigenvalue weighted by Crippen LogP contribution is -3.00. The molecule has 2 amide bonds. The van der Waals surface area contributed by atoms with Gasteiger partial charge in [0.1, 0.15) is 31.3 Å². The monoisotopic (exact) mass is 752 g/mol. The van der Waals surface area contributed by atoms with Crippen molar-refractivity contribution in [1.82, 2.24) is 14.2 Å². The molecule has 0 aromatic carbocycles. The van der Waals surface area contributed by atoms with E-state index in [0.717, 1.165) is 20.4 Å². The fraction of sp³-hybridized carbons (Fsp3) is 0.531. The average molecular weight is 754 g/mol. The summed E-state index contributed by atoms with van der Waals surface area (Å²) in [5.41, 5.74) is 0.218.